The summed E-state index contributed by atoms with van der Waals surface area (Å²) in [6, 6.07) is 19.8. The highest BCUT2D eigenvalue weighted by Crippen LogP contribution is 2.40. The van der Waals surface area contributed by atoms with E-state index in [0.717, 1.165) is 44.7 Å². The first-order valence-corrected chi connectivity index (χ1v) is 8.55. The average molecular weight is 357 g/mol. The third-order valence-electron chi connectivity index (χ3n) is 4.56. The Kier molecular flexibility index (Phi) is 4.34. The highest BCUT2D eigenvalue weighted by molar-refractivity contribution is 6.02. The van der Waals surface area contributed by atoms with E-state index >= 15 is 0 Å². The van der Waals surface area contributed by atoms with E-state index in [1.54, 1.807) is 20.4 Å². The largest absolute Gasteiger partial charge is 0.496 e. The van der Waals surface area contributed by atoms with Crippen LogP contribution in [-0.2, 0) is 0 Å². The lowest BCUT2D eigenvalue weighted by Gasteiger charge is -2.15. The second-order valence-corrected chi connectivity index (χ2v) is 6.05. The average Bonchev–Trinajstić information content (AvgIpc) is 2.73. The van der Waals surface area contributed by atoms with Gasteiger partial charge in [-0.1, -0.05) is 42.5 Å². The second kappa shape index (κ2) is 6.96. The van der Waals surface area contributed by atoms with Crippen molar-refractivity contribution >= 4 is 16.7 Å². The zero-order chi connectivity index (χ0) is 18.8. The number of nitrogen functional groups attached to an aromatic ring is 1. The molecule has 3 aromatic carbocycles. The van der Waals surface area contributed by atoms with Crippen molar-refractivity contribution in [1.82, 2.24) is 9.97 Å². The summed E-state index contributed by atoms with van der Waals surface area (Å²) in [5, 5.41) is 2.05. The van der Waals surface area contributed by atoms with Gasteiger partial charge in [0.05, 0.1) is 19.9 Å². The van der Waals surface area contributed by atoms with E-state index in [1.807, 2.05) is 54.6 Å². The van der Waals surface area contributed by atoms with Gasteiger partial charge in [-0.25, -0.2) is 9.97 Å². The summed E-state index contributed by atoms with van der Waals surface area (Å²) in [5.41, 5.74) is 9.42. The Morgan fingerprint density at radius 3 is 2.19 bits per heavy atom. The van der Waals surface area contributed by atoms with Crippen molar-refractivity contribution in [2.24, 2.45) is 0 Å². The minimum absolute atomic E-state index is 0.226. The summed E-state index contributed by atoms with van der Waals surface area (Å²) in [6.07, 6.45) is 1.74. The van der Waals surface area contributed by atoms with Crippen LogP contribution in [0, 0.1) is 0 Å². The molecular weight excluding hydrogens is 338 g/mol. The van der Waals surface area contributed by atoms with Crippen molar-refractivity contribution in [3.8, 4) is 33.9 Å². The maximum Gasteiger partial charge on any atom is 0.220 e. The van der Waals surface area contributed by atoms with Gasteiger partial charge in [0, 0.05) is 28.3 Å². The Morgan fingerprint density at radius 2 is 1.41 bits per heavy atom. The quantitative estimate of drug-likeness (QED) is 0.580. The summed E-state index contributed by atoms with van der Waals surface area (Å²) in [6.45, 7) is 0. The van der Waals surface area contributed by atoms with Gasteiger partial charge in [-0.05, 0) is 23.6 Å². The summed E-state index contributed by atoms with van der Waals surface area (Å²) >= 11 is 0. The van der Waals surface area contributed by atoms with Crippen molar-refractivity contribution in [2.45, 2.75) is 0 Å². The highest BCUT2D eigenvalue weighted by Gasteiger charge is 2.17. The number of ether oxygens (including phenoxy) is 2. The smallest absolute Gasteiger partial charge is 0.220 e. The molecule has 4 aromatic rings. The van der Waals surface area contributed by atoms with Crippen LogP contribution in [0.4, 0.5) is 5.95 Å². The van der Waals surface area contributed by atoms with Crippen molar-refractivity contribution in [2.75, 3.05) is 20.0 Å². The number of anilines is 1. The number of aromatic nitrogens is 2. The van der Waals surface area contributed by atoms with Crippen LogP contribution < -0.4 is 15.2 Å². The first-order chi connectivity index (χ1) is 13.2. The number of methoxy groups -OCH3 is 2. The van der Waals surface area contributed by atoms with E-state index in [2.05, 4.69) is 16.0 Å². The number of benzene rings is 3. The van der Waals surface area contributed by atoms with Crippen molar-refractivity contribution < 1.29 is 9.47 Å². The third-order valence-corrected chi connectivity index (χ3v) is 4.56. The Balaban J connectivity index is 2.04. The van der Waals surface area contributed by atoms with Crippen molar-refractivity contribution in [1.29, 1.82) is 0 Å². The second-order valence-electron chi connectivity index (χ2n) is 6.05. The fourth-order valence-electron chi connectivity index (χ4n) is 3.32. The summed E-state index contributed by atoms with van der Waals surface area (Å²) in [7, 11) is 3.32. The lowest BCUT2D eigenvalue weighted by molar-refractivity contribution is 0.416. The molecule has 0 aliphatic rings. The molecule has 1 heterocycles. The predicted octanol–water partition coefficient (Wildman–Crippen LogP) is 4.56. The number of nitrogens with zero attached hydrogens (tertiary/aromatic N) is 2. The van der Waals surface area contributed by atoms with E-state index in [-0.39, 0.29) is 5.95 Å². The van der Waals surface area contributed by atoms with Crippen LogP contribution in [0.25, 0.3) is 33.2 Å². The van der Waals surface area contributed by atoms with Gasteiger partial charge in [0.1, 0.15) is 11.5 Å². The van der Waals surface area contributed by atoms with Crippen LogP contribution in [0.1, 0.15) is 0 Å². The van der Waals surface area contributed by atoms with E-state index in [9.17, 15) is 0 Å². The molecule has 0 saturated heterocycles. The van der Waals surface area contributed by atoms with E-state index in [4.69, 9.17) is 15.2 Å². The molecule has 1 aromatic heterocycles. The number of fused-ring (bicyclic) bond motifs is 1. The minimum Gasteiger partial charge on any atom is -0.496 e. The molecule has 4 rings (SSSR count). The molecule has 2 N–H and O–H groups in total. The number of nitrogens with two attached hydrogens (primary N) is 1. The van der Waals surface area contributed by atoms with Crippen LogP contribution in [-0.4, -0.2) is 24.2 Å². The molecular formula is C22H19N3O2. The van der Waals surface area contributed by atoms with Crippen molar-refractivity contribution in [3.05, 3.63) is 66.9 Å². The van der Waals surface area contributed by atoms with E-state index < -0.39 is 0 Å². The van der Waals surface area contributed by atoms with Crippen LogP contribution in [0.2, 0.25) is 0 Å². The lowest BCUT2D eigenvalue weighted by Crippen LogP contribution is -2.00. The number of para-hydroxylation sites is 1. The Morgan fingerprint density at radius 1 is 0.704 bits per heavy atom. The van der Waals surface area contributed by atoms with Crippen LogP contribution in [0.5, 0.6) is 11.5 Å². The van der Waals surface area contributed by atoms with Gasteiger partial charge in [-0.15, -0.1) is 0 Å². The van der Waals surface area contributed by atoms with Gasteiger partial charge in [0.25, 0.3) is 0 Å². The van der Waals surface area contributed by atoms with E-state index in [0.29, 0.717) is 0 Å². The highest BCUT2D eigenvalue weighted by atomic mass is 16.5. The lowest BCUT2D eigenvalue weighted by atomic mass is 9.95. The maximum atomic E-state index is 5.94. The molecule has 0 fully saturated rings. The Labute approximate surface area is 157 Å². The summed E-state index contributed by atoms with van der Waals surface area (Å²) in [5.74, 6) is 1.80. The Hall–Kier alpha value is -3.60. The molecule has 134 valence electrons. The topological polar surface area (TPSA) is 70.3 Å². The molecule has 0 bridgehead atoms. The third kappa shape index (κ3) is 2.93. The zero-order valence-corrected chi connectivity index (χ0v) is 15.1. The minimum atomic E-state index is 0.226. The molecule has 0 radical (unpaired) electrons. The van der Waals surface area contributed by atoms with Gasteiger partial charge in [-0.3, -0.25) is 0 Å². The monoisotopic (exact) mass is 357 g/mol. The number of rotatable bonds is 4. The normalized spacial score (nSPS) is 10.7. The van der Waals surface area contributed by atoms with Crippen LogP contribution >= 0.6 is 0 Å². The molecule has 0 aliphatic heterocycles. The fraction of sp³-hybridized carbons (Fsp3) is 0.0909. The zero-order valence-electron chi connectivity index (χ0n) is 15.1. The summed E-state index contributed by atoms with van der Waals surface area (Å²) < 4.78 is 11.1. The van der Waals surface area contributed by atoms with Gasteiger partial charge in [0.15, 0.2) is 0 Å². The molecule has 0 spiro atoms. The fourth-order valence-corrected chi connectivity index (χ4v) is 3.32. The van der Waals surface area contributed by atoms with Gasteiger partial charge in [-0.2, -0.15) is 0 Å². The maximum absolute atomic E-state index is 5.94. The van der Waals surface area contributed by atoms with Crippen molar-refractivity contribution in [3.63, 3.8) is 0 Å². The van der Waals surface area contributed by atoms with Gasteiger partial charge in [0.2, 0.25) is 5.95 Å². The van der Waals surface area contributed by atoms with Gasteiger partial charge >= 0.3 is 0 Å². The molecule has 0 aliphatic carbocycles. The molecule has 0 unspecified atom stereocenters. The summed E-state index contributed by atoms with van der Waals surface area (Å²) in [4.78, 5) is 8.79. The first-order valence-electron chi connectivity index (χ1n) is 8.55. The standard InChI is InChI=1S/C22H19N3O2/c1-26-19-10-6-5-9-16(19)18-13-24-22(23)25-21(18)17-11-12-20(27-2)15-8-4-3-7-14(15)17/h3-13H,1-2H3,(H2,23,24,25). The molecule has 0 amide bonds. The van der Waals surface area contributed by atoms with E-state index in [1.165, 1.54) is 0 Å². The van der Waals surface area contributed by atoms with Gasteiger partial charge < -0.3 is 15.2 Å². The number of hydrogen-bond donors (Lipinski definition) is 1. The van der Waals surface area contributed by atoms with Crippen LogP contribution in [0.15, 0.2) is 66.9 Å². The molecule has 27 heavy (non-hydrogen) atoms. The molecule has 0 saturated carbocycles. The predicted molar refractivity (Wildman–Crippen MR) is 108 cm³/mol. The molecule has 5 heteroatoms. The first kappa shape index (κ1) is 16.8. The SMILES string of the molecule is COc1ccccc1-c1cnc(N)nc1-c1ccc(OC)c2ccccc12. The van der Waals surface area contributed by atoms with Crippen LogP contribution in [0.3, 0.4) is 0 Å². The number of hydrogen-bond acceptors (Lipinski definition) is 5. The Bertz CT molecular complexity index is 1130. The molecule has 0 atom stereocenters. The molecule has 5 nitrogen and oxygen atoms in total.